The number of rotatable bonds is 3. The molecule has 2 heterocycles. The summed E-state index contributed by atoms with van der Waals surface area (Å²) in [6.45, 7) is 5.59. The van der Waals surface area contributed by atoms with Gasteiger partial charge in [0.2, 0.25) is 5.76 Å². The maximum Gasteiger partial charge on any atom is 0.371 e. The number of aromatic carboxylic acids is 1. The molecule has 0 bridgehead atoms. The number of carboxylic acid groups (broad SMARTS) is 1. The summed E-state index contributed by atoms with van der Waals surface area (Å²) < 4.78 is 11.1. The summed E-state index contributed by atoms with van der Waals surface area (Å²) >= 11 is 0. The fourth-order valence-electron chi connectivity index (χ4n) is 2.17. The second-order valence-electron chi connectivity index (χ2n) is 4.76. The smallest absolute Gasteiger partial charge is 0.371 e. The lowest BCUT2D eigenvalue weighted by Crippen LogP contribution is -2.52. The number of nitrogens with one attached hydrogen (secondary N) is 1. The molecule has 1 saturated heterocycles. The van der Waals surface area contributed by atoms with E-state index in [1.54, 1.807) is 6.07 Å². The molecule has 1 fully saturated rings. The third kappa shape index (κ3) is 2.87. The highest BCUT2D eigenvalue weighted by Gasteiger charge is 2.32. The predicted octanol–water partition coefficient (Wildman–Crippen LogP) is 1.29. The molecule has 2 unspecified atom stereocenters. The Hall–Kier alpha value is -1.33. The van der Waals surface area contributed by atoms with Crippen LogP contribution in [0.15, 0.2) is 16.5 Å². The minimum absolute atomic E-state index is 0.0274. The van der Waals surface area contributed by atoms with Crippen molar-refractivity contribution >= 4 is 5.97 Å². The van der Waals surface area contributed by atoms with Crippen molar-refractivity contribution in [2.45, 2.75) is 32.0 Å². The van der Waals surface area contributed by atoms with Gasteiger partial charge >= 0.3 is 5.97 Å². The van der Waals surface area contributed by atoms with Crippen molar-refractivity contribution in [1.29, 1.82) is 0 Å². The molecule has 2 rings (SSSR count). The summed E-state index contributed by atoms with van der Waals surface area (Å²) in [5.74, 6) is -0.432. The van der Waals surface area contributed by atoms with Gasteiger partial charge in [-0.25, -0.2) is 4.79 Å². The molecule has 1 aromatic heterocycles. The van der Waals surface area contributed by atoms with Crippen LogP contribution in [-0.4, -0.2) is 35.9 Å². The van der Waals surface area contributed by atoms with Gasteiger partial charge in [-0.15, -0.1) is 0 Å². The Kier molecular flexibility index (Phi) is 3.22. The first-order valence-corrected chi connectivity index (χ1v) is 5.69. The summed E-state index contributed by atoms with van der Waals surface area (Å²) in [4.78, 5) is 10.7. The monoisotopic (exact) mass is 239 g/mol. The molecule has 0 amide bonds. The zero-order valence-corrected chi connectivity index (χ0v) is 10.0. The van der Waals surface area contributed by atoms with E-state index in [0.29, 0.717) is 12.2 Å². The summed E-state index contributed by atoms with van der Waals surface area (Å²) in [6, 6.07) is 3.16. The van der Waals surface area contributed by atoms with E-state index >= 15 is 0 Å². The molecule has 94 valence electrons. The molecule has 0 radical (unpaired) electrons. The Bertz CT molecular complexity index is 414. The van der Waals surface area contributed by atoms with E-state index in [-0.39, 0.29) is 17.5 Å². The molecule has 2 atom stereocenters. The molecule has 1 aromatic rings. The average Bonchev–Trinajstić information content (AvgIpc) is 2.64. The highest BCUT2D eigenvalue weighted by atomic mass is 16.5. The topological polar surface area (TPSA) is 71.7 Å². The van der Waals surface area contributed by atoms with E-state index < -0.39 is 5.97 Å². The number of ether oxygens (including phenoxy) is 1. The van der Waals surface area contributed by atoms with Crippen molar-refractivity contribution in [2.24, 2.45) is 0 Å². The van der Waals surface area contributed by atoms with Crippen LogP contribution in [-0.2, 0) is 11.2 Å². The largest absolute Gasteiger partial charge is 0.475 e. The summed E-state index contributed by atoms with van der Waals surface area (Å²) in [5, 5.41) is 12.1. The number of carbonyl (C=O) groups is 1. The van der Waals surface area contributed by atoms with Crippen LogP contribution in [0.1, 0.15) is 30.2 Å². The van der Waals surface area contributed by atoms with Gasteiger partial charge in [-0.3, -0.25) is 0 Å². The lowest BCUT2D eigenvalue weighted by molar-refractivity contribution is -0.0986. The average molecular weight is 239 g/mol. The fourth-order valence-corrected chi connectivity index (χ4v) is 2.17. The van der Waals surface area contributed by atoms with E-state index in [0.717, 1.165) is 13.1 Å². The molecular formula is C12H17NO4. The number of carboxylic acids is 1. The van der Waals surface area contributed by atoms with Crippen LogP contribution in [0.4, 0.5) is 0 Å². The van der Waals surface area contributed by atoms with Gasteiger partial charge in [0.25, 0.3) is 0 Å². The van der Waals surface area contributed by atoms with Crippen LogP contribution in [0.2, 0.25) is 0 Å². The Morgan fingerprint density at radius 3 is 3.00 bits per heavy atom. The molecule has 5 nitrogen and oxygen atoms in total. The zero-order valence-electron chi connectivity index (χ0n) is 10.0. The van der Waals surface area contributed by atoms with E-state index in [9.17, 15) is 4.79 Å². The van der Waals surface area contributed by atoms with Crippen molar-refractivity contribution in [2.75, 3.05) is 13.1 Å². The normalized spacial score (nSPS) is 29.2. The highest BCUT2D eigenvalue weighted by Crippen LogP contribution is 2.23. The molecule has 17 heavy (non-hydrogen) atoms. The second kappa shape index (κ2) is 4.50. The summed E-state index contributed by atoms with van der Waals surface area (Å²) in [5.41, 5.74) is -0.342. The molecule has 0 aliphatic carbocycles. The minimum Gasteiger partial charge on any atom is -0.475 e. The van der Waals surface area contributed by atoms with Crippen LogP contribution in [0, 0.1) is 0 Å². The second-order valence-corrected chi connectivity index (χ2v) is 4.76. The third-order valence-corrected chi connectivity index (χ3v) is 2.84. The fraction of sp³-hybridized carbons (Fsp3) is 0.583. The number of furan rings is 1. The van der Waals surface area contributed by atoms with Gasteiger partial charge in [-0.1, -0.05) is 0 Å². The predicted molar refractivity (Wildman–Crippen MR) is 61.2 cm³/mol. The van der Waals surface area contributed by atoms with Crippen molar-refractivity contribution < 1.29 is 19.1 Å². The standard InChI is InChI=1S/C12H17NO4/c1-8-6-13-7-12(2,17-8)5-9-3-4-10(16-9)11(14)15/h3-4,8,13H,5-7H2,1-2H3,(H,14,15). The van der Waals surface area contributed by atoms with Gasteiger partial charge in [-0.05, 0) is 26.0 Å². The van der Waals surface area contributed by atoms with E-state index in [4.69, 9.17) is 14.3 Å². The van der Waals surface area contributed by atoms with Gasteiger partial charge in [0, 0.05) is 19.5 Å². The van der Waals surface area contributed by atoms with Crippen molar-refractivity contribution in [3.8, 4) is 0 Å². The molecule has 1 aliphatic rings. The van der Waals surface area contributed by atoms with Crippen LogP contribution in [0.25, 0.3) is 0 Å². The molecule has 5 heteroatoms. The molecule has 0 spiro atoms. The number of hydrogen-bond acceptors (Lipinski definition) is 4. The van der Waals surface area contributed by atoms with Crippen molar-refractivity contribution in [1.82, 2.24) is 5.32 Å². The van der Waals surface area contributed by atoms with Crippen molar-refractivity contribution in [3.63, 3.8) is 0 Å². The van der Waals surface area contributed by atoms with Crippen LogP contribution < -0.4 is 5.32 Å². The van der Waals surface area contributed by atoms with Gasteiger partial charge < -0.3 is 19.6 Å². The quantitative estimate of drug-likeness (QED) is 0.831. The number of hydrogen-bond donors (Lipinski definition) is 2. The molecule has 0 aromatic carbocycles. The minimum atomic E-state index is -1.04. The summed E-state index contributed by atoms with van der Waals surface area (Å²) in [6.07, 6.45) is 0.722. The van der Waals surface area contributed by atoms with E-state index in [2.05, 4.69) is 5.32 Å². The van der Waals surface area contributed by atoms with Gasteiger partial charge in [-0.2, -0.15) is 0 Å². The Balaban J connectivity index is 2.06. The maximum atomic E-state index is 10.7. The maximum absolute atomic E-state index is 10.7. The van der Waals surface area contributed by atoms with Gasteiger partial charge in [0.15, 0.2) is 0 Å². The molecular weight excluding hydrogens is 222 g/mol. The van der Waals surface area contributed by atoms with Crippen LogP contribution in [0.3, 0.4) is 0 Å². The molecule has 0 saturated carbocycles. The Labute approximate surface area is 99.8 Å². The zero-order chi connectivity index (χ0) is 12.5. The molecule has 1 aliphatic heterocycles. The lowest BCUT2D eigenvalue weighted by atomic mass is 9.98. The summed E-state index contributed by atoms with van der Waals surface area (Å²) in [7, 11) is 0. The van der Waals surface area contributed by atoms with E-state index in [1.807, 2.05) is 13.8 Å². The van der Waals surface area contributed by atoms with Crippen molar-refractivity contribution in [3.05, 3.63) is 23.7 Å². The van der Waals surface area contributed by atoms with Crippen LogP contribution in [0.5, 0.6) is 0 Å². The molecule has 2 N–H and O–H groups in total. The van der Waals surface area contributed by atoms with Crippen LogP contribution >= 0.6 is 0 Å². The van der Waals surface area contributed by atoms with Gasteiger partial charge in [0.1, 0.15) is 5.76 Å². The Morgan fingerprint density at radius 1 is 1.65 bits per heavy atom. The Morgan fingerprint density at radius 2 is 2.41 bits per heavy atom. The highest BCUT2D eigenvalue weighted by molar-refractivity contribution is 5.84. The first-order chi connectivity index (χ1) is 7.98. The van der Waals surface area contributed by atoms with E-state index in [1.165, 1.54) is 6.07 Å². The third-order valence-electron chi connectivity index (χ3n) is 2.84. The first-order valence-electron chi connectivity index (χ1n) is 5.69. The lowest BCUT2D eigenvalue weighted by Gasteiger charge is -2.37. The van der Waals surface area contributed by atoms with Gasteiger partial charge in [0.05, 0.1) is 11.7 Å². The number of morpholine rings is 1. The SMILES string of the molecule is CC1CNCC(C)(Cc2ccc(C(=O)O)o2)O1. The first kappa shape index (κ1) is 12.1.